The number of nitrogens with zero attached hydrogens (tertiary/aromatic N) is 2. The minimum atomic E-state index is -0.137. The first-order valence-corrected chi connectivity index (χ1v) is 8.95. The van der Waals surface area contributed by atoms with Gasteiger partial charge in [-0.05, 0) is 29.8 Å². The average Bonchev–Trinajstić information content (AvgIpc) is 3.24. The van der Waals surface area contributed by atoms with Crippen LogP contribution in [0.3, 0.4) is 0 Å². The summed E-state index contributed by atoms with van der Waals surface area (Å²) in [5.74, 6) is -0.167. The number of furan rings is 1. The fraction of sp³-hybridized carbons (Fsp3) is 0.300. The molecule has 1 saturated heterocycles. The molecule has 0 unspecified atom stereocenters. The highest BCUT2D eigenvalue weighted by atomic mass is 16.5. The summed E-state index contributed by atoms with van der Waals surface area (Å²) in [6.45, 7) is 3.77. The Morgan fingerprint density at radius 2 is 2.07 bits per heavy atom. The van der Waals surface area contributed by atoms with Crippen molar-refractivity contribution in [2.45, 2.75) is 6.42 Å². The number of aromatic nitrogens is 1. The van der Waals surface area contributed by atoms with Gasteiger partial charge in [0.15, 0.2) is 5.75 Å². The zero-order valence-corrected chi connectivity index (χ0v) is 14.9. The Labute approximate surface area is 156 Å². The Balaban J connectivity index is 1.51. The monoisotopic (exact) mass is 367 g/mol. The van der Waals surface area contributed by atoms with Crippen molar-refractivity contribution in [3.8, 4) is 16.9 Å². The molecule has 1 aliphatic heterocycles. The summed E-state index contributed by atoms with van der Waals surface area (Å²) in [6, 6.07) is 7.28. The standard InChI is InChI=1S/C20H21N3O4/c24-18(4-7-23-8-11-26-12-9-23)22-17-2-1-16-15(14-5-10-27-13-14)3-6-21-19(16)20(17)25/h1-3,5-6,10,13,25H,4,7-9,11-12H2,(H,22,24). The first kappa shape index (κ1) is 17.5. The molecule has 1 amide bonds. The molecule has 2 aromatic heterocycles. The van der Waals surface area contributed by atoms with Crippen molar-refractivity contribution >= 4 is 22.5 Å². The Morgan fingerprint density at radius 3 is 2.85 bits per heavy atom. The highest BCUT2D eigenvalue weighted by Crippen LogP contribution is 2.36. The second kappa shape index (κ2) is 7.77. The molecular formula is C20H21N3O4. The smallest absolute Gasteiger partial charge is 0.225 e. The van der Waals surface area contributed by atoms with E-state index >= 15 is 0 Å². The van der Waals surface area contributed by atoms with Crippen LogP contribution in [0.15, 0.2) is 47.4 Å². The molecule has 0 aliphatic carbocycles. The summed E-state index contributed by atoms with van der Waals surface area (Å²) in [5, 5.41) is 14.2. The molecule has 7 heteroatoms. The van der Waals surface area contributed by atoms with Crippen molar-refractivity contribution < 1.29 is 19.1 Å². The number of aromatic hydroxyl groups is 1. The van der Waals surface area contributed by atoms with Gasteiger partial charge in [0.05, 0.1) is 31.4 Å². The minimum absolute atomic E-state index is 0.0300. The molecule has 0 radical (unpaired) electrons. The largest absolute Gasteiger partial charge is 0.504 e. The van der Waals surface area contributed by atoms with E-state index in [4.69, 9.17) is 9.15 Å². The van der Waals surface area contributed by atoms with Crippen LogP contribution >= 0.6 is 0 Å². The number of ether oxygens (including phenoxy) is 1. The molecule has 0 spiro atoms. The van der Waals surface area contributed by atoms with Gasteiger partial charge in [-0.2, -0.15) is 0 Å². The Morgan fingerprint density at radius 1 is 1.22 bits per heavy atom. The highest BCUT2D eigenvalue weighted by Gasteiger charge is 2.15. The summed E-state index contributed by atoms with van der Waals surface area (Å²) in [7, 11) is 0. The number of rotatable bonds is 5. The van der Waals surface area contributed by atoms with Gasteiger partial charge in [0, 0.05) is 43.2 Å². The zero-order valence-electron chi connectivity index (χ0n) is 14.9. The van der Waals surface area contributed by atoms with Crippen molar-refractivity contribution in [2.75, 3.05) is 38.2 Å². The van der Waals surface area contributed by atoms with E-state index < -0.39 is 0 Å². The third kappa shape index (κ3) is 3.79. The number of phenols is 1. The van der Waals surface area contributed by atoms with Gasteiger partial charge in [0.1, 0.15) is 5.52 Å². The molecule has 3 aromatic rings. The van der Waals surface area contributed by atoms with Crippen LogP contribution in [-0.4, -0.2) is 53.7 Å². The maximum Gasteiger partial charge on any atom is 0.225 e. The van der Waals surface area contributed by atoms with Crippen molar-refractivity contribution in [3.05, 3.63) is 43.0 Å². The SMILES string of the molecule is O=C(CCN1CCOCC1)Nc1ccc2c(-c3ccoc3)ccnc2c1O. The number of carbonyl (C=O) groups excluding carboxylic acids is 1. The predicted molar refractivity (Wildman–Crippen MR) is 102 cm³/mol. The van der Waals surface area contributed by atoms with Gasteiger partial charge in [-0.1, -0.05) is 0 Å². The van der Waals surface area contributed by atoms with Crippen LogP contribution in [0.4, 0.5) is 5.69 Å². The van der Waals surface area contributed by atoms with Gasteiger partial charge >= 0.3 is 0 Å². The number of anilines is 1. The zero-order chi connectivity index (χ0) is 18.6. The van der Waals surface area contributed by atoms with E-state index in [9.17, 15) is 9.90 Å². The van der Waals surface area contributed by atoms with Crippen LogP contribution in [0.25, 0.3) is 22.0 Å². The summed E-state index contributed by atoms with van der Waals surface area (Å²) < 4.78 is 10.5. The van der Waals surface area contributed by atoms with Crippen LogP contribution in [0.5, 0.6) is 5.75 Å². The van der Waals surface area contributed by atoms with Crippen molar-refractivity contribution in [1.29, 1.82) is 0 Å². The van der Waals surface area contributed by atoms with Crippen LogP contribution in [0.2, 0.25) is 0 Å². The van der Waals surface area contributed by atoms with E-state index in [0.29, 0.717) is 37.4 Å². The highest BCUT2D eigenvalue weighted by molar-refractivity contribution is 6.02. The van der Waals surface area contributed by atoms with Crippen LogP contribution < -0.4 is 5.32 Å². The van der Waals surface area contributed by atoms with E-state index in [-0.39, 0.29) is 11.7 Å². The number of morpholine rings is 1. The summed E-state index contributed by atoms with van der Waals surface area (Å²) in [6.07, 6.45) is 5.24. The quantitative estimate of drug-likeness (QED) is 0.674. The van der Waals surface area contributed by atoms with Gasteiger partial charge < -0.3 is 19.6 Å². The molecule has 27 heavy (non-hydrogen) atoms. The Kier molecular flexibility index (Phi) is 5.04. The fourth-order valence-corrected chi connectivity index (χ4v) is 3.27. The second-order valence-corrected chi connectivity index (χ2v) is 6.48. The van der Waals surface area contributed by atoms with Gasteiger partial charge in [-0.15, -0.1) is 0 Å². The molecule has 140 valence electrons. The maximum atomic E-state index is 12.3. The lowest BCUT2D eigenvalue weighted by molar-refractivity contribution is -0.116. The molecule has 0 saturated carbocycles. The topological polar surface area (TPSA) is 87.8 Å². The number of amides is 1. The first-order valence-electron chi connectivity index (χ1n) is 8.95. The summed E-state index contributed by atoms with van der Waals surface area (Å²) >= 11 is 0. The molecule has 2 N–H and O–H groups in total. The third-order valence-electron chi connectivity index (χ3n) is 4.75. The van der Waals surface area contributed by atoms with E-state index in [1.807, 2.05) is 18.2 Å². The van der Waals surface area contributed by atoms with Crippen LogP contribution in [0, 0.1) is 0 Å². The van der Waals surface area contributed by atoms with Crippen LogP contribution in [0.1, 0.15) is 6.42 Å². The molecule has 0 bridgehead atoms. The average molecular weight is 367 g/mol. The fourth-order valence-electron chi connectivity index (χ4n) is 3.27. The van der Waals surface area contributed by atoms with Gasteiger partial charge in [-0.3, -0.25) is 14.7 Å². The van der Waals surface area contributed by atoms with Gasteiger partial charge in [-0.25, -0.2) is 0 Å². The normalized spacial score (nSPS) is 15.1. The van der Waals surface area contributed by atoms with E-state index in [1.165, 1.54) is 0 Å². The van der Waals surface area contributed by atoms with Crippen molar-refractivity contribution in [1.82, 2.24) is 9.88 Å². The number of phenolic OH excluding ortho intramolecular Hbond substituents is 1. The lowest BCUT2D eigenvalue weighted by Gasteiger charge is -2.26. The summed E-state index contributed by atoms with van der Waals surface area (Å²) in [4.78, 5) is 18.8. The lowest BCUT2D eigenvalue weighted by Crippen LogP contribution is -2.38. The molecule has 1 fully saturated rings. The Bertz CT molecular complexity index is 934. The third-order valence-corrected chi connectivity index (χ3v) is 4.75. The number of carbonyl (C=O) groups is 1. The number of fused-ring (bicyclic) bond motifs is 1. The molecule has 1 aromatic carbocycles. The molecule has 7 nitrogen and oxygen atoms in total. The number of hydrogen-bond donors (Lipinski definition) is 2. The number of pyridine rings is 1. The molecule has 3 heterocycles. The lowest BCUT2D eigenvalue weighted by atomic mass is 10.0. The van der Waals surface area contributed by atoms with Crippen LogP contribution in [-0.2, 0) is 9.53 Å². The number of nitrogens with one attached hydrogen (secondary N) is 1. The summed E-state index contributed by atoms with van der Waals surface area (Å²) in [5.41, 5.74) is 2.63. The minimum Gasteiger partial charge on any atom is -0.504 e. The van der Waals surface area contributed by atoms with E-state index in [2.05, 4.69) is 15.2 Å². The van der Waals surface area contributed by atoms with Crippen molar-refractivity contribution in [2.24, 2.45) is 0 Å². The number of hydrogen-bond acceptors (Lipinski definition) is 6. The van der Waals surface area contributed by atoms with E-state index in [0.717, 1.165) is 29.6 Å². The van der Waals surface area contributed by atoms with Gasteiger partial charge in [0.2, 0.25) is 5.91 Å². The van der Waals surface area contributed by atoms with Gasteiger partial charge in [0.25, 0.3) is 0 Å². The van der Waals surface area contributed by atoms with E-state index in [1.54, 1.807) is 24.8 Å². The molecule has 0 atom stereocenters. The Hall–Kier alpha value is -2.90. The predicted octanol–water partition coefficient (Wildman–Crippen LogP) is 2.86. The molecular weight excluding hydrogens is 346 g/mol. The number of benzene rings is 1. The molecule has 4 rings (SSSR count). The second-order valence-electron chi connectivity index (χ2n) is 6.48. The first-order chi connectivity index (χ1) is 13.2. The maximum absolute atomic E-state index is 12.3. The molecule has 1 aliphatic rings. The van der Waals surface area contributed by atoms with Crippen molar-refractivity contribution in [3.63, 3.8) is 0 Å².